The van der Waals surface area contributed by atoms with Gasteiger partial charge in [-0.3, -0.25) is 4.79 Å². The molecule has 0 radical (unpaired) electrons. The monoisotopic (exact) mass is 404 g/mol. The first-order valence-corrected chi connectivity index (χ1v) is 8.69. The van der Waals surface area contributed by atoms with Crippen LogP contribution in [-0.2, 0) is 16.0 Å². The zero-order chi connectivity index (χ0) is 15.9. The van der Waals surface area contributed by atoms with E-state index in [1.165, 1.54) is 5.56 Å². The summed E-state index contributed by atoms with van der Waals surface area (Å²) in [5.41, 5.74) is 6.98. The van der Waals surface area contributed by atoms with Crippen molar-refractivity contribution < 1.29 is 9.53 Å². The van der Waals surface area contributed by atoms with Gasteiger partial charge in [-0.15, -0.1) is 12.4 Å². The van der Waals surface area contributed by atoms with Gasteiger partial charge >= 0.3 is 0 Å². The van der Waals surface area contributed by atoms with Crippen molar-refractivity contribution in [3.8, 4) is 0 Å². The van der Waals surface area contributed by atoms with Crippen molar-refractivity contribution >= 4 is 34.2 Å². The lowest BCUT2D eigenvalue weighted by Gasteiger charge is -2.28. The predicted octanol–water partition coefficient (Wildman–Crippen LogP) is 3.02. The van der Waals surface area contributed by atoms with Crippen LogP contribution in [0.5, 0.6) is 0 Å². The number of carbonyl (C=O) groups excluding carboxylic acids is 1. The summed E-state index contributed by atoms with van der Waals surface area (Å²) in [4.78, 5) is 14.9. The summed E-state index contributed by atoms with van der Waals surface area (Å²) in [6.07, 6.45) is 3.57. The van der Waals surface area contributed by atoms with Crippen molar-refractivity contribution in [1.29, 1.82) is 0 Å². The van der Waals surface area contributed by atoms with Crippen LogP contribution in [0.15, 0.2) is 28.7 Å². The Labute approximate surface area is 153 Å². The van der Waals surface area contributed by atoms with Gasteiger partial charge in [0.05, 0.1) is 0 Å². The predicted molar refractivity (Wildman–Crippen MR) is 98.9 cm³/mol. The van der Waals surface area contributed by atoms with Crippen molar-refractivity contribution in [3.05, 3.63) is 34.3 Å². The van der Waals surface area contributed by atoms with E-state index in [1.54, 1.807) is 7.11 Å². The molecule has 1 amide bonds. The summed E-state index contributed by atoms with van der Waals surface area (Å²) >= 11 is 3.49. The minimum Gasteiger partial charge on any atom is -0.385 e. The van der Waals surface area contributed by atoms with Gasteiger partial charge in [0.15, 0.2) is 0 Å². The Kier molecular flexibility index (Phi) is 9.14. The number of benzene rings is 1. The second kappa shape index (κ2) is 10.3. The fraction of sp³-hybridized carbons (Fsp3) is 0.588. The third-order valence-electron chi connectivity index (χ3n) is 4.32. The maximum absolute atomic E-state index is 12.9. The van der Waals surface area contributed by atoms with E-state index in [-0.39, 0.29) is 30.3 Å². The van der Waals surface area contributed by atoms with Gasteiger partial charge in [-0.1, -0.05) is 28.1 Å². The number of likely N-dealkylation sites (tertiary alicyclic amines) is 1. The van der Waals surface area contributed by atoms with E-state index in [9.17, 15) is 4.79 Å². The van der Waals surface area contributed by atoms with E-state index in [1.807, 2.05) is 17.0 Å². The fourth-order valence-electron chi connectivity index (χ4n) is 3.13. The van der Waals surface area contributed by atoms with Crippen molar-refractivity contribution in [2.75, 3.05) is 26.8 Å². The molecule has 0 spiro atoms. The SMILES string of the molecule is COCCC(Cc1cccc(Br)c1)C(=O)N1CCCC1CN.Cl. The Hall–Kier alpha value is -0.620. The second-order valence-electron chi connectivity index (χ2n) is 5.88. The fourth-order valence-corrected chi connectivity index (χ4v) is 3.57. The second-order valence-corrected chi connectivity index (χ2v) is 6.79. The van der Waals surface area contributed by atoms with Crippen LogP contribution in [0.4, 0.5) is 0 Å². The molecule has 2 rings (SSSR count). The van der Waals surface area contributed by atoms with Gasteiger partial charge in [-0.05, 0) is 43.4 Å². The topological polar surface area (TPSA) is 55.6 Å². The molecule has 2 N–H and O–H groups in total. The number of ether oxygens (including phenoxy) is 1. The normalized spacial score (nSPS) is 18.6. The number of hydrogen-bond donors (Lipinski definition) is 1. The van der Waals surface area contributed by atoms with E-state index in [0.717, 1.165) is 36.7 Å². The molecular formula is C17H26BrClN2O2. The Morgan fingerprint density at radius 3 is 2.96 bits per heavy atom. The number of halogens is 2. The number of hydrogen-bond acceptors (Lipinski definition) is 3. The van der Waals surface area contributed by atoms with E-state index < -0.39 is 0 Å². The average Bonchev–Trinajstić information content (AvgIpc) is 2.99. The Morgan fingerprint density at radius 2 is 2.30 bits per heavy atom. The molecule has 1 aliphatic heterocycles. The van der Waals surface area contributed by atoms with Crippen LogP contribution in [0.25, 0.3) is 0 Å². The van der Waals surface area contributed by atoms with Crippen LogP contribution < -0.4 is 5.73 Å². The largest absolute Gasteiger partial charge is 0.385 e. The van der Waals surface area contributed by atoms with Crippen LogP contribution in [0.2, 0.25) is 0 Å². The summed E-state index contributed by atoms with van der Waals surface area (Å²) in [6, 6.07) is 8.37. The molecule has 1 saturated heterocycles. The molecule has 1 aromatic carbocycles. The molecule has 0 bridgehead atoms. The van der Waals surface area contributed by atoms with Gasteiger partial charge in [0.25, 0.3) is 0 Å². The highest BCUT2D eigenvalue weighted by Gasteiger charge is 2.32. The van der Waals surface area contributed by atoms with Gasteiger partial charge in [0.2, 0.25) is 5.91 Å². The average molecular weight is 406 g/mol. The van der Waals surface area contributed by atoms with Gasteiger partial charge in [0.1, 0.15) is 0 Å². The lowest BCUT2D eigenvalue weighted by Crippen LogP contribution is -2.43. The van der Waals surface area contributed by atoms with Gasteiger partial charge < -0.3 is 15.4 Å². The molecule has 2 unspecified atom stereocenters. The zero-order valence-electron chi connectivity index (χ0n) is 13.5. The first-order valence-electron chi connectivity index (χ1n) is 7.89. The third-order valence-corrected chi connectivity index (χ3v) is 4.82. The van der Waals surface area contributed by atoms with E-state index in [4.69, 9.17) is 10.5 Å². The highest BCUT2D eigenvalue weighted by atomic mass is 79.9. The lowest BCUT2D eigenvalue weighted by atomic mass is 9.94. The molecule has 1 aliphatic rings. The smallest absolute Gasteiger partial charge is 0.226 e. The minimum absolute atomic E-state index is 0. The zero-order valence-corrected chi connectivity index (χ0v) is 15.9. The summed E-state index contributed by atoms with van der Waals surface area (Å²) in [7, 11) is 1.68. The number of nitrogens with two attached hydrogens (primary N) is 1. The first kappa shape index (κ1) is 20.4. The van der Waals surface area contributed by atoms with Gasteiger partial charge in [-0.25, -0.2) is 0 Å². The Balaban J connectivity index is 0.00000264. The molecule has 1 heterocycles. The molecule has 2 atom stereocenters. The highest BCUT2D eigenvalue weighted by molar-refractivity contribution is 9.10. The Bertz CT molecular complexity index is 501. The van der Waals surface area contributed by atoms with E-state index in [0.29, 0.717) is 13.2 Å². The summed E-state index contributed by atoms with van der Waals surface area (Å²) in [5, 5.41) is 0. The lowest BCUT2D eigenvalue weighted by molar-refractivity contribution is -0.136. The number of methoxy groups -OCH3 is 1. The van der Waals surface area contributed by atoms with Crippen molar-refractivity contribution in [3.63, 3.8) is 0 Å². The summed E-state index contributed by atoms with van der Waals surface area (Å²) < 4.78 is 6.24. The summed E-state index contributed by atoms with van der Waals surface area (Å²) in [6.45, 7) is 1.99. The van der Waals surface area contributed by atoms with Crippen molar-refractivity contribution in [1.82, 2.24) is 4.90 Å². The molecule has 0 saturated carbocycles. The van der Waals surface area contributed by atoms with Gasteiger partial charge in [-0.2, -0.15) is 0 Å². The highest BCUT2D eigenvalue weighted by Crippen LogP contribution is 2.24. The van der Waals surface area contributed by atoms with Crippen molar-refractivity contribution in [2.45, 2.75) is 31.7 Å². The maximum Gasteiger partial charge on any atom is 0.226 e. The van der Waals surface area contributed by atoms with E-state index in [2.05, 4.69) is 28.1 Å². The molecule has 130 valence electrons. The maximum atomic E-state index is 12.9. The number of rotatable bonds is 7. The third kappa shape index (κ3) is 5.75. The molecule has 4 nitrogen and oxygen atoms in total. The Morgan fingerprint density at radius 1 is 1.52 bits per heavy atom. The molecule has 0 aliphatic carbocycles. The molecular weight excluding hydrogens is 380 g/mol. The molecule has 6 heteroatoms. The minimum atomic E-state index is -0.0404. The van der Waals surface area contributed by atoms with Crippen LogP contribution >= 0.6 is 28.3 Å². The number of amides is 1. The standard InChI is InChI=1S/C17H25BrN2O2.ClH/c1-22-9-7-14(10-13-4-2-5-15(18)11-13)17(21)20-8-3-6-16(20)12-19;/h2,4-5,11,14,16H,3,6-10,12,19H2,1H3;1H. The number of nitrogens with zero attached hydrogens (tertiary/aromatic N) is 1. The van der Waals surface area contributed by atoms with Crippen molar-refractivity contribution in [2.24, 2.45) is 11.7 Å². The molecule has 23 heavy (non-hydrogen) atoms. The molecule has 1 fully saturated rings. The van der Waals surface area contributed by atoms with Crippen LogP contribution in [0.1, 0.15) is 24.8 Å². The summed E-state index contributed by atoms with van der Waals surface area (Å²) in [5.74, 6) is 0.186. The molecule has 1 aromatic rings. The van der Waals surface area contributed by atoms with Crippen LogP contribution in [-0.4, -0.2) is 43.7 Å². The van der Waals surface area contributed by atoms with Crippen LogP contribution in [0, 0.1) is 5.92 Å². The quantitative estimate of drug-likeness (QED) is 0.758. The first-order chi connectivity index (χ1) is 10.7. The van der Waals surface area contributed by atoms with Gasteiger partial charge in [0, 0.05) is 43.2 Å². The van der Waals surface area contributed by atoms with E-state index >= 15 is 0 Å². The van der Waals surface area contributed by atoms with Crippen LogP contribution in [0.3, 0.4) is 0 Å². The molecule has 0 aromatic heterocycles. The number of carbonyl (C=O) groups is 1.